The molecule has 0 spiro atoms. The Bertz CT molecular complexity index is 628. The summed E-state index contributed by atoms with van der Waals surface area (Å²) in [5.74, 6) is 0.560. The molecule has 1 fully saturated rings. The highest BCUT2D eigenvalue weighted by Crippen LogP contribution is 2.36. The Morgan fingerprint density at radius 2 is 2.16 bits per heavy atom. The van der Waals surface area contributed by atoms with Crippen LogP contribution < -0.4 is 10.5 Å². The topological polar surface area (TPSA) is 61.9 Å². The number of pyridine rings is 1. The number of hydrogen-bond acceptors (Lipinski definition) is 4. The fourth-order valence-corrected chi connectivity index (χ4v) is 2.74. The first kappa shape index (κ1) is 12.2. The summed E-state index contributed by atoms with van der Waals surface area (Å²) < 4.78 is 0. The van der Waals surface area contributed by atoms with Gasteiger partial charge in [-0.05, 0) is 30.5 Å². The van der Waals surface area contributed by atoms with Crippen LogP contribution in [0.25, 0.3) is 0 Å². The first-order valence-electron chi connectivity index (χ1n) is 6.17. The van der Waals surface area contributed by atoms with Crippen molar-refractivity contribution in [1.82, 2.24) is 15.0 Å². The van der Waals surface area contributed by atoms with Gasteiger partial charge in [0.2, 0.25) is 0 Å². The smallest absolute Gasteiger partial charge is 0.271 e. The van der Waals surface area contributed by atoms with Crippen molar-refractivity contribution in [3.05, 3.63) is 51.8 Å². The van der Waals surface area contributed by atoms with Crippen LogP contribution in [-0.4, -0.2) is 21.5 Å². The van der Waals surface area contributed by atoms with Gasteiger partial charge >= 0.3 is 0 Å². The number of aromatic amines is 1. The molecule has 1 aliphatic heterocycles. The monoisotopic (exact) mass is 276 g/mol. The van der Waals surface area contributed by atoms with Crippen LogP contribution in [0.2, 0.25) is 5.02 Å². The van der Waals surface area contributed by atoms with Crippen molar-refractivity contribution in [2.24, 2.45) is 0 Å². The van der Waals surface area contributed by atoms with Crippen molar-refractivity contribution in [2.75, 3.05) is 11.4 Å². The lowest BCUT2D eigenvalue weighted by molar-refractivity contribution is 0.708. The summed E-state index contributed by atoms with van der Waals surface area (Å²) in [5, 5.41) is 0.156. The van der Waals surface area contributed by atoms with E-state index < -0.39 is 0 Å². The van der Waals surface area contributed by atoms with Gasteiger partial charge in [0, 0.05) is 18.9 Å². The van der Waals surface area contributed by atoms with E-state index in [2.05, 4.69) is 19.9 Å². The molecule has 1 aliphatic rings. The van der Waals surface area contributed by atoms with Crippen LogP contribution in [0.5, 0.6) is 0 Å². The Hall–Kier alpha value is -1.88. The van der Waals surface area contributed by atoms with E-state index in [1.807, 2.05) is 12.1 Å². The Morgan fingerprint density at radius 1 is 1.37 bits per heavy atom. The predicted molar refractivity (Wildman–Crippen MR) is 73.4 cm³/mol. The number of halogens is 1. The molecule has 0 amide bonds. The number of H-pyrrole nitrogens is 1. The van der Waals surface area contributed by atoms with Crippen LogP contribution in [0.1, 0.15) is 24.4 Å². The lowest BCUT2D eigenvalue weighted by Gasteiger charge is -2.26. The number of hydrogen-bond donors (Lipinski definition) is 1. The fraction of sp³-hybridized carbons (Fsp3) is 0.308. The Kier molecular flexibility index (Phi) is 3.21. The lowest BCUT2D eigenvalue weighted by atomic mass is 10.1. The highest BCUT2D eigenvalue weighted by atomic mass is 35.5. The van der Waals surface area contributed by atoms with Gasteiger partial charge in [0.05, 0.1) is 12.4 Å². The molecular formula is C13H13ClN4O. The molecule has 1 atom stereocenters. The predicted octanol–water partition coefficient (Wildman–Crippen LogP) is 2.16. The van der Waals surface area contributed by atoms with E-state index in [9.17, 15) is 4.79 Å². The summed E-state index contributed by atoms with van der Waals surface area (Å²) in [7, 11) is 0. The highest BCUT2D eigenvalue weighted by molar-refractivity contribution is 6.32. The Balaban J connectivity index is 2.00. The second kappa shape index (κ2) is 5.01. The maximum atomic E-state index is 11.6. The molecule has 1 N–H and O–H groups in total. The molecule has 6 heteroatoms. The molecule has 0 aliphatic carbocycles. The standard InChI is InChI=1S/C13H13ClN4O/c14-11-12(16-8-17-13(11)19)18-7-1-2-10(18)9-3-5-15-6-4-9/h3-6,8,10H,1-2,7H2,(H,16,17,19). The van der Waals surface area contributed by atoms with Crippen molar-refractivity contribution >= 4 is 17.4 Å². The molecule has 0 bridgehead atoms. The first-order chi connectivity index (χ1) is 9.27. The van der Waals surface area contributed by atoms with Crippen LogP contribution >= 0.6 is 11.6 Å². The van der Waals surface area contributed by atoms with Crippen LogP contribution in [-0.2, 0) is 0 Å². The molecule has 0 radical (unpaired) electrons. The van der Waals surface area contributed by atoms with E-state index in [1.54, 1.807) is 12.4 Å². The van der Waals surface area contributed by atoms with Crippen molar-refractivity contribution in [2.45, 2.75) is 18.9 Å². The van der Waals surface area contributed by atoms with Crippen molar-refractivity contribution in [3.8, 4) is 0 Å². The lowest BCUT2D eigenvalue weighted by Crippen LogP contribution is -2.26. The van der Waals surface area contributed by atoms with Gasteiger partial charge in [-0.2, -0.15) is 0 Å². The molecule has 3 heterocycles. The van der Waals surface area contributed by atoms with Crippen LogP contribution in [0.15, 0.2) is 35.6 Å². The van der Waals surface area contributed by atoms with Gasteiger partial charge in [0.15, 0.2) is 5.82 Å². The van der Waals surface area contributed by atoms with E-state index >= 15 is 0 Å². The molecule has 5 nitrogen and oxygen atoms in total. The minimum absolute atomic E-state index is 0.156. The number of aromatic nitrogens is 3. The maximum Gasteiger partial charge on any atom is 0.271 e. The van der Waals surface area contributed by atoms with E-state index in [4.69, 9.17) is 11.6 Å². The number of nitrogens with zero attached hydrogens (tertiary/aromatic N) is 3. The van der Waals surface area contributed by atoms with Gasteiger partial charge < -0.3 is 9.88 Å². The molecule has 1 saturated heterocycles. The SMILES string of the molecule is O=c1[nH]cnc(N2CCCC2c2ccncc2)c1Cl. The van der Waals surface area contributed by atoms with Crippen LogP contribution in [0.3, 0.4) is 0 Å². The third-order valence-electron chi connectivity index (χ3n) is 3.39. The zero-order valence-electron chi connectivity index (χ0n) is 10.2. The number of rotatable bonds is 2. The summed E-state index contributed by atoms with van der Waals surface area (Å²) in [6, 6.07) is 4.18. The van der Waals surface area contributed by atoms with Crippen LogP contribution in [0, 0.1) is 0 Å². The van der Waals surface area contributed by atoms with Crippen LogP contribution in [0.4, 0.5) is 5.82 Å². The summed E-state index contributed by atoms with van der Waals surface area (Å²) >= 11 is 6.07. The maximum absolute atomic E-state index is 11.6. The molecule has 2 aromatic heterocycles. The second-order valence-electron chi connectivity index (χ2n) is 4.50. The molecular weight excluding hydrogens is 264 g/mol. The Morgan fingerprint density at radius 3 is 2.95 bits per heavy atom. The van der Waals surface area contributed by atoms with Gasteiger partial charge in [-0.3, -0.25) is 9.78 Å². The second-order valence-corrected chi connectivity index (χ2v) is 4.88. The largest absolute Gasteiger partial charge is 0.348 e. The average molecular weight is 277 g/mol. The third kappa shape index (κ3) is 2.21. The van der Waals surface area contributed by atoms with E-state index in [0.717, 1.165) is 19.4 Å². The van der Waals surface area contributed by atoms with Gasteiger partial charge in [-0.1, -0.05) is 11.6 Å². The highest BCUT2D eigenvalue weighted by Gasteiger charge is 2.29. The van der Waals surface area contributed by atoms with Gasteiger partial charge in [-0.15, -0.1) is 0 Å². The zero-order valence-corrected chi connectivity index (χ0v) is 11.0. The molecule has 0 aromatic carbocycles. The molecule has 0 saturated carbocycles. The quantitative estimate of drug-likeness (QED) is 0.913. The summed E-state index contributed by atoms with van der Waals surface area (Å²) in [6.45, 7) is 0.850. The van der Waals surface area contributed by atoms with Crippen molar-refractivity contribution in [3.63, 3.8) is 0 Å². The van der Waals surface area contributed by atoms with E-state index in [1.165, 1.54) is 11.9 Å². The normalized spacial score (nSPS) is 18.8. The van der Waals surface area contributed by atoms with Gasteiger partial charge in [-0.25, -0.2) is 4.98 Å². The average Bonchev–Trinajstić information content (AvgIpc) is 2.92. The fourth-order valence-electron chi connectivity index (χ4n) is 2.53. The zero-order chi connectivity index (χ0) is 13.2. The van der Waals surface area contributed by atoms with Gasteiger partial charge in [0.25, 0.3) is 5.56 Å². The van der Waals surface area contributed by atoms with E-state index in [-0.39, 0.29) is 16.6 Å². The molecule has 19 heavy (non-hydrogen) atoms. The Labute approximate surface area is 115 Å². The van der Waals surface area contributed by atoms with Gasteiger partial charge in [0.1, 0.15) is 5.02 Å². The summed E-state index contributed by atoms with van der Waals surface area (Å²) in [4.78, 5) is 24.4. The molecule has 3 rings (SSSR count). The minimum atomic E-state index is -0.299. The van der Waals surface area contributed by atoms with Crippen molar-refractivity contribution < 1.29 is 0 Å². The number of nitrogens with one attached hydrogen (secondary N) is 1. The molecule has 98 valence electrons. The molecule has 2 aromatic rings. The molecule has 1 unspecified atom stereocenters. The summed E-state index contributed by atoms with van der Waals surface area (Å²) in [6.07, 6.45) is 7.02. The first-order valence-corrected chi connectivity index (χ1v) is 6.55. The van der Waals surface area contributed by atoms with Crippen molar-refractivity contribution in [1.29, 1.82) is 0 Å². The summed E-state index contributed by atoms with van der Waals surface area (Å²) in [5.41, 5.74) is 0.873. The number of anilines is 1. The van der Waals surface area contributed by atoms with E-state index in [0.29, 0.717) is 5.82 Å². The minimum Gasteiger partial charge on any atom is -0.348 e. The third-order valence-corrected chi connectivity index (χ3v) is 3.73.